The van der Waals surface area contributed by atoms with Crippen LogP contribution < -0.4 is 0 Å². The molecule has 3 heterocycles. The molecule has 0 radical (unpaired) electrons. The summed E-state index contributed by atoms with van der Waals surface area (Å²) in [6.45, 7) is 5.14. The van der Waals surface area contributed by atoms with Gasteiger partial charge in [-0.15, -0.1) is 10.2 Å². The van der Waals surface area contributed by atoms with Gasteiger partial charge in [0.15, 0.2) is 0 Å². The molecule has 0 amide bonds. The number of nitrogens with zero attached hydrogens (tertiary/aromatic N) is 5. The molecule has 2 aromatic heterocycles. The van der Waals surface area contributed by atoms with Gasteiger partial charge in [-0.25, -0.2) is 0 Å². The molecule has 1 atom stereocenters. The average molecular weight is 355 g/mol. The number of H-pyrrole nitrogens is 1. The molecule has 3 aromatic rings. The number of hydrogen-bond donors (Lipinski definition) is 1. The monoisotopic (exact) mass is 354 g/mol. The summed E-state index contributed by atoms with van der Waals surface area (Å²) in [6, 6.07) is 8.35. The number of aromatic amines is 1. The van der Waals surface area contributed by atoms with Gasteiger partial charge in [-0.1, -0.05) is 24.6 Å². The van der Waals surface area contributed by atoms with Crippen molar-refractivity contribution in [2.24, 2.45) is 0 Å². The number of aromatic nitrogens is 5. The van der Waals surface area contributed by atoms with Gasteiger partial charge in [0.25, 0.3) is 0 Å². The van der Waals surface area contributed by atoms with E-state index in [2.05, 4.69) is 55.6 Å². The van der Waals surface area contributed by atoms with Crippen LogP contribution in [0, 0.1) is 0 Å². The lowest BCUT2D eigenvalue weighted by Crippen LogP contribution is -2.27. The maximum absolute atomic E-state index is 6.19. The molecule has 128 valence electrons. The first-order valence-corrected chi connectivity index (χ1v) is 8.75. The molecule has 0 saturated carbocycles. The second-order valence-electron chi connectivity index (χ2n) is 6.55. The lowest BCUT2D eigenvalue weighted by molar-refractivity contribution is 0.263. The second-order valence-corrected chi connectivity index (χ2v) is 6.98. The standard InChI is InChI=1S/C18H19ClN6/c1-12-10-25(5-4-14-2-3-16(19)7-17(12)14)11-13-6-15(9-20-8-13)18-21-23-24-22-18/h2-3,6-9,12H,4-5,10-11H2,1H3,(H,21,22,23,24). The summed E-state index contributed by atoms with van der Waals surface area (Å²) in [6.07, 6.45) is 4.70. The smallest absolute Gasteiger partial charge is 0.206 e. The van der Waals surface area contributed by atoms with Crippen molar-refractivity contribution in [3.05, 3.63) is 58.4 Å². The molecule has 1 unspecified atom stereocenters. The number of rotatable bonds is 3. The fraction of sp³-hybridized carbons (Fsp3) is 0.333. The minimum atomic E-state index is 0.449. The number of nitrogens with one attached hydrogen (secondary N) is 1. The molecule has 7 heteroatoms. The SMILES string of the molecule is CC1CN(Cc2cncc(-c3nn[nH]n3)c2)CCc2ccc(Cl)cc21. The lowest BCUT2D eigenvalue weighted by atomic mass is 9.95. The Kier molecular flexibility index (Phi) is 4.46. The summed E-state index contributed by atoms with van der Waals surface area (Å²) in [5, 5.41) is 15.0. The molecule has 0 bridgehead atoms. The first-order valence-electron chi connectivity index (χ1n) is 8.37. The van der Waals surface area contributed by atoms with Crippen LogP contribution in [-0.2, 0) is 13.0 Å². The highest BCUT2D eigenvalue weighted by molar-refractivity contribution is 6.30. The summed E-state index contributed by atoms with van der Waals surface area (Å²) in [5.74, 6) is 1.02. The van der Waals surface area contributed by atoms with Crippen molar-refractivity contribution in [2.75, 3.05) is 13.1 Å². The van der Waals surface area contributed by atoms with E-state index in [9.17, 15) is 0 Å². The van der Waals surface area contributed by atoms with Crippen molar-refractivity contribution >= 4 is 11.6 Å². The van der Waals surface area contributed by atoms with Gasteiger partial charge in [-0.3, -0.25) is 9.88 Å². The molecule has 1 aromatic carbocycles. The van der Waals surface area contributed by atoms with Crippen molar-refractivity contribution < 1.29 is 0 Å². The summed E-state index contributed by atoms with van der Waals surface area (Å²) in [5.41, 5.74) is 4.80. The molecule has 1 N–H and O–H groups in total. The summed E-state index contributed by atoms with van der Waals surface area (Å²) in [4.78, 5) is 6.80. The molecule has 0 saturated heterocycles. The average Bonchev–Trinajstić information content (AvgIpc) is 3.10. The number of halogens is 1. The first kappa shape index (κ1) is 16.2. The second kappa shape index (κ2) is 6.90. The molecule has 0 spiro atoms. The first-order chi connectivity index (χ1) is 12.2. The molecule has 6 nitrogen and oxygen atoms in total. The molecule has 25 heavy (non-hydrogen) atoms. The van der Waals surface area contributed by atoms with Crippen molar-refractivity contribution in [3.8, 4) is 11.4 Å². The normalized spacial score (nSPS) is 17.9. The van der Waals surface area contributed by atoms with Gasteiger partial charge >= 0.3 is 0 Å². The topological polar surface area (TPSA) is 70.6 Å². The summed E-state index contributed by atoms with van der Waals surface area (Å²) in [7, 11) is 0. The Labute approximate surface area is 151 Å². The number of fused-ring (bicyclic) bond motifs is 1. The van der Waals surface area contributed by atoms with E-state index < -0.39 is 0 Å². The Balaban J connectivity index is 1.52. The predicted molar refractivity (Wildman–Crippen MR) is 96.3 cm³/mol. The third-order valence-corrected chi connectivity index (χ3v) is 4.91. The van der Waals surface area contributed by atoms with E-state index in [0.717, 1.165) is 42.2 Å². The van der Waals surface area contributed by atoms with Gasteiger partial charge in [-0.05, 0) is 52.4 Å². The fourth-order valence-electron chi connectivity index (χ4n) is 3.49. The van der Waals surface area contributed by atoms with E-state index in [4.69, 9.17) is 11.6 Å². The Morgan fingerprint density at radius 1 is 1.28 bits per heavy atom. The maximum Gasteiger partial charge on any atom is 0.206 e. The van der Waals surface area contributed by atoms with Gasteiger partial charge in [-0.2, -0.15) is 5.21 Å². The van der Waals surface area contributed by atoms with E-state index in [-0.39, 0.29) is 0 Å². The van der Waals surface area contributed by atoms with E-state index in [1.54, 1.807) is 6.20 Å². The zero-order valence-electron chi connectivity index (χ0n) is 14.0. The number of tetrazole rings is 1. The largest absolute Gasteiger partial charge is 0.298 e. The quantitative estimate of drug-likeness (QED) is 0.782. The molecule has 0 aliphatic carbocycles. The molecular weight excluding hydrogens is 336 g/mol. The van der Waals surface area contributed by atoms with E-state index in [0.29, 0.717) is 11.7 Å². The van der Waals surface area contributed by atoms with Gasteiger partial charge in [0.2, 0.25) is 5.82 Å². The molecular formula is C18H19ClN6. The Morgan fingerprint density at radius 3 is 3.04 bits per heavy atom. The highest BCUT2D eigenvalue weighted by Gasteiger charge is 2.20. The Hall–Kier alpha value is -2.31. The lowest BCUT2D eigenvalue weighted by Gasteiger charge is -2.22. The maximum atomic E-state index is 6.19. The van der Waals surface area contributed by atoms with Crippen LogP contribution in [0.25, 0.3) is 11.4 Å². The van der Waals surface area contributed by atoms with Gasteiger partial charge in [0.05, 0.1) is 0 Å². The fourth-order valence-corrected chi connectivity index (χ4v) is 3.67. The summed E-state index contributed by atoms with van der Waals surface area (Å²) < 4.78 is 0. The predicted octanol–water partition coefficient (Wildman–Crippen LogP) is 3.08. The zero-order chi connectivity index (χ0) is 17.2. The zero-order valence-corrected chi connectivity index (χ0v) is 14.7. The highest BCUT2D eigenvalue weighted by Crippen LogP contribution is 2.28. The van der Waals surface area contributed by atoms with E-state index in [1.165, 1.54) is 11.1 Å². The minimum absolute atomic E-state index is 0.449. The van der Waals surface area contributed by atoms with Crippen LogP contribution in [0.5, 0.6) is 0 Å². The van der Waals surface area contributed by atoms with Crippen molar-refractivity contribution in [1.29, 1.82) is 0 Å². The highest BCUT2D eigenvalue weighted by atomic mass is 35.5. The number of benzene rings is 1. The van der Waals surface area contributed by atoms with Crippen molar-refractivity contribution in [1.82, 2.24) is 30.5 Å². The Morgan fingerprint density at radius 2 is 2.20 bits per heavy atom. The third-order valence-electron chi connectivity index (χ3n) is 4.67. The van der Waals surface area contributed by atoms with Crippen LogP contribution in [0.15, 0.2) is 36.7 Å². The number of pyridine rings is 1. The van der Waals surface area contributed by atoms with Crippen LogP contribution in [0.2, 0.25) is 5.02 Å². The van der Waals surface area contributed by atoms with Crippen molar-refractivity contribution in [2.45, 2.75) is 25.8 Å². The molecule has 1 aliphatic rings. The molecule has 1 aliphatic heterocycles. The Bertz CT molecular complexity index is 864. The van der Waals surface area contributed by atoms with Crippen LogP contribution in [0.4, 0.5) is 0 Å². The van der Waals surface area contributed by atoms with Crippen LogP contribution in [0.3, 0.4) is 0 Å². The minimum Gasteiger partial charge on any atom is -0.298 e. The molecule has 4 rings (SSSR count). The van der Waals surface area contributed by atoms with Crippen molar-refractivity contribution in [3.63, 3.8) is 0 Å². The van der Waals surface area contributed by atoms with Gasteiger partial charge < -0.3 is 0 Å². The van der Waals surface area contributed by atoms with Crippen LogP contribution in [0.1, 0.15) is 29.5 Å². The van der Waals surface area contributed by atoms with Crippen LogP contribution >= 0.6 is 11.6 Å². The van der Waals surface area contributed by atoms with Gasteiger partial charge in [0, 0.05) is 42.6 Å². The third kappa shape index (κ3) is 3.55. The number of hydrogen-bond acceptors (Lipinski definition) is 5. The molecule has 0 fully saturated rings. The van der Waals surface area contributed by atoms with Crippen LogP contribution in [-0.4, -0.2) is 43.6 Å². The van der Waals surface area contributed by atoms with E-state index >= 15 is 0 Å². The van der Waals surface area contributed by atoms with E-state index in [1.807, 2.05) is 12.3 Å². The summed E-state index contributed by atoms with van der Waals surface area (Å²) >= 11 is 6.19. The van der Waals surface area contributed by atoms with Gasteiger partial charge in [0.1, 0.15) is 0 Å².